The average molecular weight is 481 g/mol. The number of benzene rings is 2. The van der Waals surface area contributed by atoms with Crippen LogP contribution in [0.4, 0.5) is 5.82 Å². The zero-order chi connectivity index (χ0) is 24.1. The summed E-state index contributed by atoms with van der Waals surface area (Å²) in [6.45, 7) is 0.0506. The summed E-state index contributed by atoms with van der Waals surface area (Å²) in [5.74, 6) is -1.15. The summed E-state index contributed by atoms with van der Waals surface area (Å²) in [7, 11) is 0. The summed E-state index contributed by atoms with van der Waals surface area (Å²) >= 11 is 6.19. The molecule has 2 aromatic carbocycles. The second-order valence-corrected chi connectivity index (χ2v) is 8.07. The van der Waals surface area contributed by atoms with Crippen molar-refractivity contribution in [2.24, 2.45) is 0 Å². The Morgan fingerprint density at radius 1 is 0.971 bits per heavy atom. The van der Waals surface area contributed by atoms with Crippen LogP contribution in [0.3, 0.4) is 0 Å². The molecule has 1 aliphatic heterocycles. The fourth-order valence-corrected chi connectivity index (χ4v) is 3.67. The highest BCUT2D eigenvalue weighted by Crippen LogP contribution is 2.19. The van der Waals surface area contributed by atoms with Crippen LogP contribution in [0, 0.1) is 0 Å². The normalized spacial score (nSPS) is 13.3. The monoisotopic (exact) mass is 480 g/mol. The number of ether oxygens (including phenoxy) is 1. The van der Waals surface area contributed by atoms with Crippen LogP contribution in [0.25, 0.3) is 0 Å². The number of nitrogens with zero attached hydrogens (tertiary/aromatic N) is 3. The molecule has 4 rings (SSSR count). The maximum absolute atomic E-state index is 12.3. The van der Waals surface area contributed by atoms with E-state index in [-0.39, 0.29) is 36.8 Å². The van der Waals surface area contributed by atoms with Crippen molar-refractivity contribution < 1.29 is 23.9 Å². The van der Waals surface area contributed by atoms with Gasteiger partial charge in [-0.15, -0.1) is 0 Å². The Labute approximate surface area is 200 Å². The molecule has 0 bridgehead atoms. The molecule has 1 fully saturated rings. The van der Waals surface area contributed by atoms with Crippen molar-refractivity contribution in [2.45, 2.75) is 25.9 Å². The molecule has 174 valence electrons. The number of halogens is 1. The maximum Gasteiger partial charge on any atom is 0.338 e. The molecule has 10 heteroatoms. The molecule has 1 saturated heterocycles. The van der Waals surface area contributed by atoms with Crippen molar-refractivity contribution in [3.63, 3.8) is 0 Å². The van der Waals surface area contributed by atoms with Crippen molar-refractivity contribution in [1.82, 2.24) is 14.7 Å². The lowest BCUT2D eigenvalue weighted by Gasteiger charge is -2.14. The summed E-state index contributed by atoms with van der Waals surface area (Å²) < 4.78 is 6.68. The lowest BCUT2D eigenvalue weighted by atomic mass is 10.1. The van der Waals surface area contributed by atoms with Gasteiger partial charge < -0.3 is 10.1 Å². The molecule has 3 amide bonds. The number of aromatic nitrogens is 2. The molecule has 0 spiro atoms. The van der Waals surface area contributed by atoms with Gasteiger partial charge in [0.2, 0.25) is 11.8 Å². The second kappa shape index (κ2) is 10.3. The average Bonchev–Trinajstić information content (AvgIpc) is 3.40. The predicted molar refractivity (Wildman–Crippen MR) is 123 cm³/mol. The number of amides is 3. The second-order valence-electron chi connectivity index (χ2n) is 7.66. The summed E-state index contributed by atoms with van der Waals surface area (Å²) in [5, 5.41) is 7.45. The van der Waals surface area contributed by atoms with Crippen LogP contribution in [0.5, 0.6) is 0 Å². The lowest BCUT2D eigenvalue weighted by Crippen LogP contribution is -2.28. The summed E-state index contributed by atoms with van der Waals surface area (Å²) in [6, 6.07) is 15.3. The van der Waals surface area contributed by atoms with Crippen LogP contribution in [0.1, 0.15) is 34.3 Å². The van der Waals surface area contributed by atoms with E-state index in [9.17, 15) is 19.2 Å². The molecular weight excluding hydrogens is 460 g/mol. The summed E-state index contributed by atoms with van der Waals surface area (Å²) in [6.07, 6.45) is 2.00. The maximum atomic E-state index is 12.3. The Morgan fingerprint density at radius 2 is 1.68 bits per heavy atom. The fraction of sp³-hybridized carbons (Fsp3) is 0.208. The molecule has 0 atom stereocenters. The van der Waals surface area contributed by atoms with Crippen molar-refractivity contribution in [3.05, 3.63) is 82.5 Å². The van der Waals surface area contributed by atoms with Gasteiger partial charge in [0.25, 0.3) is 5.91 Å². The van der Waals surface area contributed by atoms with E-state index in [0.29, 0.717) is 22.9 Å². The topological polar surface area (TPSA) is 111 Å². The molecular formula is C24H21ClN4O5. The minimum atomic E-state index is -0.667. The van der Waals surface area contributed by atoms with Crippen molar-refractivity contribution in [2.75, 3.05) is 11.9 Å². The van der Waals surface area contributed by atoms with Crippen molar-refractivity contribution in [1.29, 1.82) is 0 Å². The summed E-state index contributed by atoms with van der Waals surface area (Å²) in [4.78, 5) is 49.3. The Balaban J connectivity index is 1.29. The molecule has 0 saturated carbocycles. The number of esters is 1. The number of hydrogen-bond acceptors (Lipinski definition) is 6. The van der Waals surface area contributed by atoms with E-state index in [2.05, 4.69) is 10.4 Å². The number of carbonyl (C=O) groups is 4. The Morgan fingerprint density at radius 3 is 2.38 bits per heavy atom. The van der Waals surface area contributed by atoms with Gasteiger partial charge in [-0.1, -0.05) is 41.9 Å². The van der Waals surface area contributed by atoms with E-state index in [0.717, 1.165) is 5.56 Å². The third-order valence-electron chi connectivity index (χ3n) is 5.28. The molecule has 2 heterocycles. The molecule has 0 radical (unpaired) electrons. The quantitative estimate of drug-likeness (QED) is 0.392. The first kappa shape index (κ1) is 23.2. The van der Waals surface area contributed by atoms with Gasteiger partial charge >= 0.3 is 5.97 Å². The van der Waals surface area contributed by atoms with Gasteiger partial charge in [0.1, 0.15) is 5.82 Å². The van der Waals surface area contributed by atoms with E-state index in [1.807, 2.05) is 18.2 Å². The number of hydrogen-bond donors (Lipinski definition) is 1. The highest BCUT2D eigenvalue weighted by Gasteiger charge is 2.28. The van der Waals surface area contributed by atoms with Crippen LogP contribution in [-0.2, 0) is 32.2 Å². The lowest BCUT2D eigenvalue weighted by molar-refractivity contribution is -0.139. The van der Waals surface area contributed by atoms with Crippen LogP contribution in [-0.4, -0.2) is 45.0 Å². The van der Waals surface area contributed by atoms with Gasteiger partial charge in [-0.3, -0.25) is 19.3 Å². The van der Waals surface area contributed by atoms with Crippen LogP contribution < -0.4 is 5.32 Å². The van der Waals surface area contributed by atoms with Gasteiger partial charge in [0.15, 0.2) is 6.61 Å². The van der Waals surface area contributed by atoms with Gasteiger partial charge in [-0.25, -0.2) is 9.48 Å². The number of nitrogens with one attached hydrogen (secondary N) is 1. The standard InChI is InChI=1S/C24H21ClN4O5/c25-19-4-2-1-3-18(19)14-29-20(11-12-26-29)27-21(30)15-34-24(33)17-7-5-16(6-8-17)13-28-22(31)9-10-23(28)32/h1-8,11-12H,9-10,13-15H2,(H,27,30). The first-order valence-electron chi connectivity index (χ1n) is 10.5. The first-order valence-corrected chi connectivity index (χ1v) is 10.9. The molecule has 1 aliphatic rings. The van der Waals surface area contributed by atoms with Gasteiger partial charge in [0, 0.05) is 23.9 Å². The van der Waals surface area contributed by atoms with Crippen molar-refractivity contribution >= 4 is 41.1 Å². The predicted octanol–water partition coefficient (Wildman–Crippen LogP) is 3.03. The summed E-state index contributed by atoms with van der Waals surface area (Å²) in [5.41, 5.74) is 1.81. The van der Waals surface area contributed by atoms with E-state index in [1.54, 1.807) is 35.1 Å². The fourth-order valence-electron chi connectivity index (χ4n) is 3.47. The molecule has 3 aromatic rings. The largest absolute Gasteiger partial charge is 0.452 e. The van der Waals surface area contributed by atoms with E-state index >= 15 is 0 Å². The number of carbonyl (C=O) groups excluding carboxylic acids is 4. The van der Waals surface area contributed by atoms with Crippen LogP contribution >= 0.6 is 11.6 Å². The SMILES string of the molecule is O=C(COC(=O)c1ccc(CN2C(=O)CCC2=O)cc1)Nc1ccnn1Cc1ccccc1Cl. The highest BCUT2D eigenvalue weighted by atomic mass is 35.5. The molecule has 34 heavy (non-hydrogen) atoms. The Hall–Kier alpha value is -3.98. The molecule has 0 aliphatic carbocycles. The van der Waals surface area contributed by atoms with E-state index < -0.39 is 18.5 Å². The Kier molecular flexibility index (Phi) is 7.03. The third kappa shape index (κ3) is 5.49. The van der Waals surface area contributed by atoms with E-state index in [1.165, 1.54) is 17.0 Å². The molecule has 1 N–H and O–H groups in total. The number of likely N-dealkylation sites (tertiary alicyclic amines) is 1. The minimum Gasteiger partial charge on any atom is -0.452 e. The zero-order valence-electron chi connectivity index (χ0n) is 18.1. The number of anilines is 1. The molecule has 9 nitrogen and oxygen atoms in total. The van der Waals surface area contributed by atoms with Gasteiger partial charge in [0.05, 0.1) is 24.8 Å². The molecule has 1 aromatic heterocycles. The van der Waals surface area contributed by atoms with Crippen LogP contribution in [0.15, 0.2) is 60.8 Å². The minimum absolute atomic E-state index is 0.164. The van der Waals surface area contributed by atoms with Gasteiger partial charge in [-0.2, -0.15) is 5.10 Å². The zero-order valence-corrected chi connectivity index (χ0v) is 18.8. The number of rotatable bonds is 8. The highest BCUT2D eigenvalue weighted by molar-refractivity contribution is 6.31. The number of imide groups is 1. The van der Waals surface area contributed by atoms with Crippen molar-refractivity contribution in [3.8, 4) is 0 Å². The van der Waals surface area contributed by atoms with Gasteiger partial charge in [-0.05, 0) is 29.3 Å². The smallest absolute Gasteiger partial charge is 0.338 e. The Bertz CT molecular complexity index is 1220. The first-order chi connectivity index (χ1) is 16.4. The van der Waals surface area contributed by atoms with Crippen LogP contribution in [0.2, 0.25) is 5.02 Å². The molecule has 0 unspecified atom stereocenters. The van der Waals surface area contributed by atoms with E-state index in [4.69, 9.17) is 16.3 Å². The third-order valence-corrected chi connectivity index (χ3v) is 5.65.